The monoisotopic (exact) mass is 290 g/mol. The number of unbranched alkanes of at least 4 members (excludes halogenated alkanes) is 1. The summed E-state index contributed by atoms with van der Waals surface area (Å²) in [5.74, 6) is -4.66. The molecule has 0 spiro atoms. The molecule has 0 heterocycles. The smallest absolute Gasteiger partial charge is 0.410 e. The van der Waals surface area contributed by atoms with E-state index in [1.807, 2.05) is 0 Å². The number of nitrogens with one attached hydrogen (secondary N) is 1. The third kappa shape index (κ3) is 6.24. The molecule has 0 aliphatic heterocycles. The minimum absolute atomic E-state index is 0.155. The summed E-state index contributed by atoms with van der Waals surface area (Å²) in [6, 6.07) is 0. The Morgan fingerprint density at radius 2 is 2.10 bits per heavy atom. The summed E-state index contributed by atoms with van der Waals surface area (Å²) in [5.41, 5.74) is 7.02. The fraction of sp³-hybridized carbons (Fsp3) is 0.818. The van der Waals surface area contributed by atoms with Gasteiger partial charge < -0.3 is 9.84 Å². The van der Waals surface area contributed by atoms with Crippen LogP contribution in [0, 0.1) is 0 Å². The number of amides is 1. The molecule has 0 aromatic rings. The maximum atomic E-state index is 14.1. The van der Waals surface area contributed by atoms with Crippen LogP contribution >= 0.6 is 0 Å². The van der Waals surface area contributed by atoms with Gasteiger partial charge in [-0.25, -0.2) is 14.0 Å². The van der Waals surface area contributed by atoms with E-state index in [0.29, 0.717) is 12.8 Å². The summed E-state index contributed by atoms with van der Waals surface area (Å²) in [7, 11) is 0. The van der Waals surface area contributed by atoms with Gasteiger partial charge in [0.15, 0.2) is 0 Å². The quantitative estimate of drug-likeness (QED) is 0.308. The number of carboxylic acid groups (broad SMARTS) is 1. The molecule has 0 radical (unpaired) electrons. The van der Waals surface area contributed by atoms with Gasteiger partial charge >= 0.3 is 12.1 Å². The van der Waals surface area contributed by atoms with Crippen LogP contribution in [0.15, 0.2) is 5.11 Å². The number of halogens is 1. The molecule has 0 fully saturated rings. The maximum absolute atomic E-state index is 14.1. The van der Waals surface area contributed by atoms with E-state index in [0.717, 1.165) is 0 Å². The Balaban J connectivity index is 4.69. The Labute approximate surface area is 115 Å². The van der Waals surface area contributed by atoms with Crippen molar-refractivity contribution in [2.45, 2.75) is 51.4 Å². The summed E-state index contributed by atoms with van der Waals surface area (Å²) < 4.78 is 18.9. The largest absolute Gasteiger partial charge is 0.477 e. The van der Waals surface area contributed by atoms with Crippen LogP contribution in [0.1, 0.15) is 40.0 Å². The first-order valence-corrected chi connectivity index (χ1v) is 6.11. The third-order valence-corrected chi connectivity index (χ3v) is 2.40. The lowest BCUT2D eigenvalue weighted by molar-refractivity contribution is -0.154. The van der Waals surface area contributed by atoms with Gasteiger partial charge in [-0.05, 0) is 25.8 Å². The molecule has 0 saturated carbocycles. The SMILES string of the molecule is CCCCC(F)(NC(=O)OC(C)(C)CN=[N+]=[N-])C(=O)O. The van der Waals surface area contributed by atoms with Crippen LogP contribution in [-0.2, 0) is 9.53 Å². The minimum Gasteiger partial charge on any atom is -0.477 e. The van der Waals surface area contributed by atoms with E-state index >= 15 is 0 Å². The molecule has 0 rings (SSSR count). The van der Waals surface area contributed by atoms with E-state index in [9.17, 15) is 14.0 Å². The second-order valence-corrected chi connectivity index (χ2v) is 4.87. The number of nitrogens with zero attached hydrogens (tertiary/aromatic N) is 3. The molecular weight excluding hydrogens is 271 g/mol. The standard InChI is InChI=1S/C11H19FN4O4/c1-4-5-6-11(12,8(17)18)15-9(19)20-10(2,3)7-14-16-13/h4-7H2,1-3H3,(H,15,19)(H,17,18). The van der Waals surface area contributed by atoms with Crippen molar-refractivity contribution in [3.63, 3.8) is 0 Å². The fourth-order valence-corrected chi connectivity index (χ4v) is 1.32. The molecular formula is C11H19FN4O4. The number of carbonyl (C=O) groups is 2. The van der Waals surface area contributed by atoms with E-state index < -0.39 is 23.5 Å². The molecule has 0 bridgehead atoms. The molecule has 0 aromatic heterocycles. The van der Waals surface area contributed by atoms with Gasteiger partial charge in [0, 0.05) is 11.3 Å². The topological polar surface area (TPSA) is 124 Å². The number of hydrogen-bond acceptors (Lipinski definition) is 4. The number of carbonyl (C=O) groups excluding carboxylic acids is 1. The molecule has 9 heteroatoms. The van der Waals surface area contributed by atoms with Crippen LogP contribution in [-0.4, -0.2) is 35.1 Å². The number of azide groups is 1. The molecule has 8 nitrogen and oxygen atoms in total. The van der Waals surface area contributed by atoms with E-state index in [2.05, 4.69) is 10.0 Å². The highest BCUT2D eigenvalue weighted by molar-refractivity contribution is 5.82. The van der Waals surface area contributed by atoms with Crippen molar-refractivity contribution in [2.24, 2.45) is 5.11 Å². The average Bonchev–Trinajstić information content (AvgIpc) is 2.32. The molecule has 20 heavy (non-hydrogen) atoms. The van der Waals surface area contributed by atoms with Gasteiger partial charge in [0.05, 0.1) is 6.54 Å². The van der Waals surface area contributed by atoms with Gasteiger partial charge in [0.1, 0.15) is 5.60 Å². The molecule has 114 valence electrons. The molecule has 1 amide bonds. The summed E-state index contributed by atoms with van der Waals surface area (Å²) in [6.07, 6.45) is -0.697. The summed E-state index contributed by atoms with van der Waals surface area (Å²) in [4.78, 5) is 24.9. The van der Waals surface area contributed by atoms with Crippen LogP contribution < -0.4 is 5.32 Å². The molecule has 1 unspecified atom stereocenters. The molecule has 0 aliphatic carbocycles. The van der Waals surface area contributed by atoms with Crippen LogP contribution in [0.5, 0.6) is 0 Å². The van der Waals surface area contributed by atoms with Crippen LogP contribution in [0.2, 0.25) is 0 Å². The zero-order chi connectivity index (χ0) is 15.8. The van der Waals surface area contributed by atoms with Gasteiger partial charge in [-0.1, -0.05) is 18.5 Å². The van der Waals surface area contributed by atoms with Crippen molar-refractivity contribution < 1.29 is 23.8 Å². The Morgan fingerprint density at radius 1 is 1.50 bits per heavy atom. The first-order valence-electron chi connectivity index (χ1n) is 6.11. The highest BCUT2D eigenvalue weighted by Crippen LogP contribution is 2.18. The number of alkyl halides is 1. The summed E-state index contributed by atoms with van der Waals surface area (Å²) >= 11 is 0. The maximum Gasteiger partial charge on any atom is 0.410 e. The van der Waals surface area contributed by atoms with Crippen molar-refractivity contribution in [1.29, 1.82) is 0 Å². The van der Waals surface area contributed by atoms with Crippen LogP contribution in [0.3, 0.4) is 0 Å². The Kier molecular flexibility index (Phi) is 6.78. The summed E-state index contributed by atoms with van der Waals surface area (Å²) in [6.45, 7) is 4.52. The number of carboxylic acids is 1. The highest BCUT2D eigenvalue weighted by atomic mass is 19.1. The van der Waals surface area contributed by atoms with Crippen LogP contribution in [0.25, 0.3) is 10.4 Å². The number of alkyl carbamates (subject to hydrolysis) is 1. The lowest BCUT2D eigenvalue weighted by Gasteiger charge is -2.27. The Hall–Kier alpha value is -2.02. The molecule has 0 saturated heterocycles. The second kappa shape index (κ2) is 7.54. The van der Waals surface area contributed by atoms with Crippen molar-refractivity contribution >= 4 is 12.1 Å². The number of hydrogen-bond donors (Lipinski definition) is 2. The van der Waals surface area contributed by atoms with Crippen molar-refractivity contribution in [1.82, 2.24) is 5.32 Å². The van der Waals surface area contributed by atoms with Crippen molar-refractivity contribution in [2.75, 3.05) is 6.54 Å². The minimum atomic E-state index is -2.87. The second-order valence-electron chi connectivity index (χ2n) is 4.87. The van der Waals surface area contributed by atoms with Gasteiger partial charge in [-0.3, -0.25) is 5.32 Å². The number of ether oxygens (including phenoxy) is 1. The Morgan fingerprint density at radius 3 is 2.55 bits per heavy atom. The number of aliphatic carboxylic acids is 1. The van der Waals surface area contributed by atoms with Gasteiger partial charge in [-0.15, -0.1) is 0 Å². The molecule has 2 N–H and O–H groups in total. The van der Waals surface area contributed by atoms with Gasteiger partial charge in [0.2, 0.25) is 0 Å². The van der Waals surface area contributed by atoms with Crippen LogP contribution in [0.4, 0.5) is 9.18 Å². The lowest BCUT2D eigenvalue weighted by atomic mass is 10.1. The van der Waals surface area contributed by atoms with E-state index in [4.69, 9.17) is 15.4 Å². The predicted octanol–water partition coefficient (Wildman–Crippen LogP) is 2.74. The lowest BCUT2D eigenvalue weighted by Crippen LogP contribution is -2.52. The zero-order valence-corrected chi connectivity index (χ0v) is 11.7. The normalized spacial score (nSPS) is 13.8. The highest BCUT2D eigenvalue weighted by Gasteiger charge is 2.41. The fourth-order valence-electron chi connectivity index (χ4n) is 1.32. The zero-order valence-electron chi connectivity index (χ0n) is 11.7. The van der Waals surface area contributed by atoms with Crippen molar-refractivity contribution in [3.8, 4) is 0 Å². The molecule has 0 aromatic carbocycles. The third-order valence-electron chi connectivity index (χ3n) is 2.40. The van der Waals surface area contributed by atoms with E-state index in [1.165, 1.54) is 13.8 Å². The van der Waals surface area contributed by atoms with Gasteiger partial charge in [-0.2, -0.15) is 0 Å². The summed E-state index contributed by atoms with van der Waals surface area (Å²) in [5, 5.41) is 13.8. The first kappa shape index (κ1) is 18.0. The molecule has 0 aliphatic rings. The van der Waals surface area contributed by atoms with E-state index in [-0.39, 0.29) is 13.0 Å². The Bertz CT molecular complexity index is 409. The van der Waals surface area contributed by atoms with Gasteiger partial charge in [0.25, 0.3) is 5.79 Å². The first-order chi connectivity index (χ1) is 9.17. The number of rotatable bonds is 8. The van der Waals surface area contributed by atoms with E-state index in [1.54, 1.807) is 12.2 Å². The van der Waals surface area contributed by atoms with Crippen molar-refractivity contribution in [3.05, 3.63) is 10.4 Å². The predicted molar refractivity (Wildman–Crippen MR) is 68.7 cm³/mol. The molecule has 1 atom stereocenters. The average molecular weight is 290 g/mol.